The lowest BCUT2D eigenvalue weighted by atomic mass is 9.95. The number of nitrogens with zero attached hydrogens (tertiary/aromatic N) is 2. The van der Waals surface area contributed by atoms with E-state index in [1.165, 1.54) is 17.0 Å². The highest BCUT2D eigenvalue weighted by molar-refractivity contribution is 7.92. The van der Waals surface area contributed by atoms with Crippen molar-refractivity contribution in [2.24, 2.45) is 0 Å². The van der Waals surface area contributed by atoms with Crippen molar-refractivity contribution >= 4 is 27.5 Å². The van der Waals surface area contributed by atoms with E-state index in [1.54, 1.807) is 17.9 Å². The first-order valence-electron chi connectivity index (χ1n) is 12.8. The summed E-state index contributed by atoms with van der Waals surface area (Å²) in [6.45, 7) is 4.20. The molecule has 7 nitrogen and oxygen atoms in total. The number of sulfonamides is 1. The van der Waals surface area contributed by atoms with E-state index in [0.29, 0.717) is 18.7 Å². The van der Waals surface area contributed by atoms with E-state index < -0.39 is 16.1 Å². The van der Waals surface area contributed by atoms with Crippen molar-refractivity contribution in [3.05, 3.63) is 65.7 Å². The van der Waals surface area contributed by atoms with Crippen LogP contribution in [0.4, 0.5) is 5.69 Å². The Labute approximate surface area is 215 Å². The first kappa shape index (κ1) is 27.7. The van der Waals surface area contributed by atoms with Crippen LogP contribution in [0.15, 0.2) is 54.6 Å². The zero-order valence-corrected chi connectivity index (χ0v) is 22.5. The number of carbonyl (C=O) groups excluding carboxylic acids is 2. The lowest BCUT2D eigenvalue weighted by Gasteiger charge is -2.31. The lowest BCUT2D eigenvalue weighted by Crippen LogP contribution is -2.50. The molecule has 2 amide bonds. The Balaban J connectivity index is 1.69. The zero-order valence-electron chi connectivity index (χ0n) is 21.7. The molecule has 1 fully saturated rings. The normalized spacial score (nSPS) is 15.2. The Bertz CT molecular complexity index is 1110. The summed E-state index contributed by atoms with van der Waals surface area (Å²) in [6, 6.07) is 16.5. The summed E-state index contributed by atoms with van der Waals surface area (Å²) in [7, 11) is -3.50. The van der Waals surface area contributed by atoms with E-state index in [9.17, 15) is 18.0 Å². The van der Waals surface area contributed by atoms with Gasteiger partial charge in [0.2, 0.25) is 21.8 Å². The minimum atomic E-state index is -3.50. The molecule has 2 aromatic carbocycles. The Kier molecular flexibility index (Phi) is 9.93. The largest absolute Gasteiger partial charge is 0.352 e. The second kappa shape index (κ2) is 12.9. The fourth-order valence-electron chi connectivity index (χ4n) is 4.72. The third-order valence-corrected chi connectivity index (χ3v) is 7.95. The van der Waals surface area contributed by atoms with Crippen molar-refractivity contribution in [2.45, 2.75) is 77.4 Å². The molecule has 8 heteroatoms. The standard InChI is InChI=1S/C28H39N3O4S/c1-22-12-10-17-26(20-22)31(36(3,34)35)19-11-18-27(32)30(21-24-13-6-4-7-14-24)23(2)28(33)29-25-15-8-5-9-16-25/h4,6-7,10,12-14,17,20,23,25H,5,8-9,11,15-16,18-19,21H2,1-3H3,(H,29,33)/t23-/m1/s1. The number of aryl methyl sites for hydroxylation is 1. The van der Waals surface area contributed by atoms with Gasteiger partial charge in [0.05, 0.1) is 11.9 Å². The van der Waals surface area contributed by atoms with Crippen molar-refractivity contribution in [3.8, 4) is 0 Å². The maximum Gasteiger partial charge on any atom is 0.242 e. The van der Waals surface area contributed by atoms with Crippen LogP contribution < -0.4 is 9.62 Å². The molecule has 0 aromatic heterocycles. The van der Waals surface area contributed by atoms with Gasteiger partial charge in [0, 0.05) is 25.6 Å². The summed E-state index contributed by atoms with van der Waals surface area (Å²) >= 11 is 0. The number of carbonyl (C=O) groups is 2. The molecular formula is C28H39N3O4S. The molecule has 1 N–H and O–H groups in total. The van der Waals surface area contributed by atoms with Crippen molar-refractivity contribution in [2.75, 3.05) is 17.1 Å². The maximum absolute atomic E-state index is 13.4. The average molecular weight is 514 g/mol. The number of rotatable bonds is 11. The fraction of sp³-hybridized carbons (Fsp3) is 0.500. The highest BCUT2D eigenvalue weighted by Crippen LogP contribution is 2.21. The Morgan fingerprint density at radius 1 is 1.03 bits per heavy atom. The van der Waals surface area contributed by atoms with Crippen LogP contribution in [0.1, 0.15) is 63.0 Å². The molecular weight excluding hydrogens is 474 g/mol. The summed E-state index contributed by atoms with van der Waals surface area (Å²) in [4.78, 5) is 28.1. The predicted octanol–water partition coefficient (Wildman–Crippen LogP) is 4.41. The van der Waals surface area contributed by atoms with Crippen LogP contribution in [0.5, 0.6) is 0 Å². The highest BCUT2D eigenvalue weighted by Gasteiger charge is 2.28. The SMILES string of the molecule is Cc1cccc(N(CCCC(=O)N(Cc2ccccc2)[C@H](C)C(=O)NC2CCCCC2)S(C)(=O)=O)c1. The number of anilines is 1. The lowest BCUT2D eigenvalue weighted by molar-refractivity contribution is -0.141. The molecule has 2 aromatic rings. The molecule has 1 aliphatic carbocycles. The van der Waals surface area contributed by atoms with Gasteiger partial charge in [-0.15, -0.1) is 0 Å². The van der Waals surface area contributed by atoms with Gasteiger partial charge in [-0.2, -0.15) is 0 Å². The summed E-state index contributed by atoms with van der Waals surface area (Å²) in [5.74, 6) is -0.299. The minimum Gasteiger partial charge on any atom is -0.352 e. The number of hydrogen-bond donors (Lipinski definition) is 1. The van der Waals surface area contributed by atoms with E-state index in [1.807, 2.05) is 55.5 Å². The second-order valence-corrected chi connectivity index (χ2v) is 11.7. The molecule has 36 heavy (non-hydrogen) atoms. The molecule has 0 radical (unpaired) electrons. The number of benzene rings is 2. The third kappa shape index (κ3) is 8.08. The van der Waals surface area contributed by atoms with Gasteiger partial charge in [-0.3, -0.25) is 13.9 Å². The molecule has 1 atom stereocenters. The number of hydrogen-bond acceptors (Lipinski definition) is 4. The molecule has 196 valence electrons. The van der Waals surface area contributed by atoms with E-state index in [2.05, 4.69) is 5.32 Å². The summed E-state index contributed by atoms with van der Waals surface area (Å²) in [6.07, 6.45) is 7.06. The predicted molar refractivity (Wildman–Crippen MR) is 144 cm³/mol. The van der Waals surface area contributed by atoms with Crippen LogP contribution in [-0.4, -0.2) is 50.0 Å². The van der Waals surface area contributed by atoms with Crippen LogP contribution in [0.3, 0.4) is 0 Å². The van der Waals surface area contributed by atoms with Gasteiger partial charge < -0.3 is 10.2 Å². The Hall–Kier alpha value is -2.87. The molecule has 1 aliphatic rings. The van der Waals surface area contributed by atoms with Crippen LogP contribution >= 0.6 is 0 Å². The molecule has 3 rings (SSSR count). The van der Waals surface area contributed by atoms with Crippen molar-refractivity contribution in [3.63, 3.8) is 0 Å². The first-order valence-corrected chi connectivity index (χ1v) is 14.7. The first-order chi connectivity index (χ1) is 17.1. The summed E-state index contributed by atoms with van der Waals surface area (Å²) in [5.41, 5.74) is 2.50. The van der Waals surface area contributed by atoms with Gasteiger partial charge in [-0.25, -0.2) is 8.42 Å². The molecule has 0 bridgehead atoms. The summed E-state index contributed by atoms with van der Waals surface area (Å²) < 4.78 is 26.3. The van der Waals surface area contributed by atoms with E-state index in [-0.39, 0.29) is 30.8 Å². The fourth-order valence-corrected chi connectivity index (χ4v) is 5.68. The van der Waals surface area contributed by atoms with E-state index >= 15 is 0 Å². The van der Waals surface area contributed by atoms with Crippen LogP contribution in [0.2, 0.25) is 0 Å². The molecule has 1 saturated carbocycles. The summed E-state index contributed by atoms with van der Waals surface area (Å²) in [5, 5.41) is 3.14. The molecule has 0 spiro atoms. The van der Waals surface area contributed by atoms with Gasteiger partial charge in [0.25, 0.3) is 0 Å². The molecule has 0 saturated heterocycles. The molecule has 0 aliphatic heterocycles. The average Bonchev–Trinajstić information content (AvgIpc) is 2.85. The third-order valence-electron chi connectivity index (χ3n) is 6.76. The van der Waals surface area contributed by atoms with Crippen molar-refractivity contribution in [1.82, 2.24) is 10.2 Å². The van der Waals surface area contributed by atoms with E-state index in [0.717, 1.165) is 36.8 Å². The van der Waals surface area contributed by atoms with Crippen molar-refractivity contribution < 1.29 is 18.0 Å². The Morgan fingerprint density at radius 2 is 1.72 bits per heavy atom. The number of nitrogens with one attached hydrogen (secondary N) is 1. The second-order valence-electron chi connectivity index (χ2n) is 9.80. The maximum atomic E-state index is 13.4. The molecule has 0 heterocycles. The van der Waals surface area contributed by atoms with Gasteiger partial charge >= 0.3 is 0 Å². The smallest absolute Gasteiger partial charge is 0.242 e. The van der Waals surface area contributed by atoms with Crippen LogP contribution in [0.25, 0.3) is 0 Å². The van der Waals surface area contributed by atoms with Crippen molar-refractivity contribution in [1.29, 1.82) is 0 Å². The monoisotopic (exact) mass is 513 g/mol. The Morgan fingerprint density at radius 3 is 2.36 bits per heavy atom. The number of amides is 2. The van der Waals surface area contributed by atoms with Gasteiger partial charge in [-0.05, 0) is 56.4 Å². The van der Waals surface area contributed by atoms with Crippen LogP contribution in [0, 0.1) is 6.92 Å². The van der Waals surface area contributed by atoms with E-state index in [4.69, 9.17) is 0 Å². The zero-order chi connectivity index (χ0) is 26.1. The highest BCUT2D eigenvalue weighted by atomic mass is 32.2. The quantitative estimate of drug-likeness (QED) is 0.482. The van der Waals surface area contributed by atoms with Gasteiger partial charge in [-0.1, -0.05) is 61.7 Å². The van der Waals surface area contributed by atoms with Gasteiger partial charge in [0.15, 0.2) is 0 Å². The topological polar surface area (TPSA) is 86.8 Å². The molecule has 0 unspecified atom stereocenters. The minimum absolute atomic E-state index is 0.135. The van der Waals surface area contributed by atoms with Gasteiger partial charge in [0.1, 0.15) is 6.04 Å². The van der Waals surface area contributed by atoms with Crippen LogP contribution in [-0.2, 0) is 26.2 Å².